The van der Waals surface area contributed by atoms with Crippen LogP contribution in [0.4, 0.5) is 5.69 Å². The molecule has 3 aliphatic rings. The Bertz CT molecular complexity index is 1850. The predicted octanol–water partition coefficient (Wildman–Crippen LogP) is 5.64. The van der Waals surface area contributed by atoms with Crippen LogP contribution < -0.4 is 30.4 Å². The first-order valence-corrected chi connectivity index (χ1v) is 18.0. The molecule has 3 heterocycles. The van der Waals surface area contributed by atoms with Crippen LogP contribution in [0.25, 0.3) is 10.2 Å². The average molecular weight is 696 g/mol. The Morgan fingerprint density at radius 3 is 2.60 bits per heavy atom. The van der Waals surface area contributed by atoms with Crippen LogP contribution in [0.2, 0.25) is 0 Å². The van der Waals surface area contributed by atoms with E-state index in [0.29, 0.717) is 23.8 Å². The topological polar surface area (TPSA) is 131 Å². The van der Waals surface area contributed by atoms with Gasteiger partial charge in [-0.25, -0.2) is 4.98 Å². The molecule has 0 bridgehead atoms. The van der Waals surface area contributed by atoms with Crippen molar-refractivity contribution in [1.29, 1.82) is 0 Å². The zero-order valence-corrected chi connectivity index (χ0v) is 28.7. The number of rotatable bonds is 8. The fourth-order valence-corrected chi connectivity index (χ4v) is 7.70. The smallest absolute Gasteiger partial charge is 0.278 e. The molecule has 11 nitrogen and oxygen atoms in total. The number of ether oxygens (including phenoxy) is 2. The van der Waals surface area contributed by atoms with E-state index in [2.05, 4.69) is 27.2 Å². The second kappa shape index (κ2) is 14.8. The number of hydroxylamine groups is 1. The lowest BCUT2D eigenvalue weighted by molar-refractivity contribution is -0.141. The molecule has 50 heavy (non-hydrogen) atoms. The van der Waals surface area contributed by atoms with E-state index in [1.807, 2.05) is 72.8 Å². The Morgan fingerprint density at radius 1 is 1.00 bits per heavy atom. The second-order valence-corrected chi connectivity index (χ2v) is 14.0. The zero-order valence-electron chi connectivity index (χ0n) is 27.9. The average Bonchev–Trinajstić information content (AvgIpc) is 3.44. The minimum absolute atomic E-state index is 0.180. The Morgan fingerprint density at radius 2 is 1.80 bits per heavy atom. The van der Waals surface area contributed by atoms with Gasteiger partial charge >= 0.3 is 0 Å². The van der Waals surface area contributed by atoms with Gasteiger partial charge in [0.2, 0.25) is 11.8 Å². The van der Waals surface area contributed by atoms with Gasteiger partial charge < -0.3 is 29.8 Å². The second-order valence-electron chi connectivity index (χ2n) is 13.0. The molecule has 4 aromatic rings. The summed E-state index contributed by atoms with van der Waals surface area (Å²) in [5.41, 5.74) is 2.97. The fourth-order valence-electron chi connectivity index (χ4n) is 6.79. The number of carbonyl (C=O) groups excluding carboxylic acids is 3. The molecule has 2 aliphatic heterocycles. The molecule has 12 heteroatoms. The number of amides is 3. The largest absolute Gasteiger partial charge is 0.497 e. The molecular formula is C38H41N5O6S. The lowest BCUT2D eigenvalue weighted by atomic mass is 10.0. The third-order valence-electron chi connectivity index (χ3n) is 9.61. The Balaban J connectivity index is 1.16. The van der Waals surface area contributed by atoms with Crippen molar-refractivity contribution in [3.05, 3.63) is 91.0 Å². The van der Waals surface area contributed by atoms with E-state index >= 15 is 0 Å². The molecule has 5 atom stereocenters. The predicted molar refractivity (Wildman–Crippen MR) is 191 cm³/mol. The highest BCUT2D eigenvalue weighted by Gasteiger charge is 2.61. The van der Waals surface area contributed by atoms with Crippen molar-refractivity contribution in [3.8, 4) is 16.7 Å². The lowest BCUT2D eigenvalue weighted by Crippen LogP contribution is -2.57. The minimum Gasteiger partial charge on any atom is -0.497 e. The van der Waals surface area contributed by atoms with Crippen molar-refractivity contribution in [1.82, 2.24) is 20.7 Å². The molecule has 3 N–H and O–H groups in total. The van der Waals surface area contributed by atoms with Crippen LogP contribution in [0.3, 0.4) is 0 Å². The lowest BCUT2D eigenvalue weighted by Gasteiger charge is -2.30. The third kappa shape index (κ3) is 7.40. The van der Waals surface area contributed by atoms with Crippen LogP contribution in [0.5, 0.6) is 16.7 Å². The monoisotopic (exact) mass is 695 g/mol. The SMILES string of the molecule is COc1ccc2nc(O[C@@H]3C[C@H]4C(=O)N[C@]5(C(=O)NOc6ccccc6)C[C@@H]5/C=C\CCCCC[C@H](Nc5ccccc5)C(=O)N4C3)sc2c1. The Labute approximate surface area is 295 Å². The maximum absolute atomic E-state index is 14.5. The number of thiazole rings is 1. The molecule has 3 amide bonds. The maximum Gasteiger partial charge on any atom is 0.278 e. The molecule has 1 aliphatic carbocycles. The number of fused-ring (bicyclic) bond motifs is 3. The number of hydrogen-bond acceptors (Lipinski definition) is 9. The molecule has 1 aromatic heterocycles. The molecule has 1 saturated heterocycles. The number of aromatic nitrogens is 1. The van der Waals surface area contributed by atoms with Crippen molar-refractivity contribution in [2.24, 2.45) is 5.92 Å². The summed E-state index contributed by atoms with van der Waals surface area (Å²) in [6.07, 6.45) is 8.49. The van der Waals surface area contributed by atoms with Gasteiger partial charge in [0.15, 0.2) is 5.75 Å². The summed E-state index contributed by atoms with van der Waals surface area (Å²) in [5.74, 6) is -0.0325. The summed E-state index contributed by atoms with van der Waals surface area (Å²) in [7, 11) is 1.62. The van der Waals surface area contributed by atoms with Gasteiger partial charge in [0.05, 0.1) is 23.9 Å². The van der Waals surface area contributed by atoms with Crippen molar-refractivity contribution in [3.63, 3.8) is 0 Å². The van der Waals surface area contributed by atoms with Gasteiger partial charge in [-0.15, -0.1) is 0 Å². The van der Waals surface area contributed by atoms with Gasteiger partial charge in [-0.3, -0.25) is 14.4 Å². The number of para-hydroxylation sites is 2. The molecule has 7 rings (SSSR count). The van der Waals surface area contributed by atoms with E-state index in [1.54, 1.807) is 24.1 Å². The number of nitrogens with one attached hydrogen (secondary N) is 3. The first-order chi connectivity index (χ1) is 24.4. The highest BCUT2D eigenvalue weighted by molar-refractivity contribution is 7.20. The van der Waals surface area contributed by atoms with E-state index in [9.17, 15) is 14.4 Å². The summed E-state index contributed by atoms with van der Waals surface area (Å²) in [6, 6.07) is 22.8. The molecule has 2 fully saturated rings. The van der Waals surface area contributed by atoms with Gasteiger partial charge in [0, 0.05) is 18.0 Å². The van der Waals surface area contributed by atoms with Crippen LogP contribution >= 0.6 is 11.3 Å². The summed E-state index contributed by atoms with van der Waals surface area (Å²) >= 11 is 1.39. The number of nitrogens with zero attached hydrogens (tertiary/aromatic N) is 2. The number of anilines is 1. The summed E-state index contributed by atoms with van der Waals surface area (Å²) in [4.78, 5) is 54.4. The van der Waals surface area contributed by atoms with Crippen LogP contribution in [-0.4, -0.2) is 65.0 Å². The van der Waals surface area contributed by atoms with Gasteiger partial charge in [0.1, 0.15) is 29.5 Å². The van der Waals surface area contributed by atoms with E-state index in [4.69, 9.17) is 14.3 Å². The Hall–Kier alpha value is -5.10. The van der Waals surface area contributed by atoms with Crippen LogP contribution in [0.1, 0.15) is 44.9 Å². The number of carbonyl (C=O) groups is 3. The van der Waals surface area contributed by atoms with Crippen molar-refractivity contribution in [2.75, 3.05) is 19.0 Å². The first kappa shape index (κ1) is 33.4. The van der Waals surface area contributed by atoms with E-state index in [1.165, 1.54) is 11.3 Å². The Kier molecular flexibility index (Phi) is 9.88. The van der Waals surface area contributed by atoms with Crippen LogP contribution in [-0.2, 0) is 14.4 Å². The zero-order chi connectivity index (χ0) is 34.5. The van der Waals surface area contributed by atoms with E-state index in [-0.39, 0.29) is 24.8 Å². The number of methoxy groups -OCH3 is 1. The molecule has 0 unspecified atom stereocenters. The quantitative estimate of drug-likeness (QED) is 0.160. The molecule has 3 aromatic carbocycles. The molecule has 260 valence electrons. The number of allylic oxidation sites excluding steroid dienone is 1. The molecule has 1 saturated carbocycles. The van der Waals surface area contributed by atoms with Gasteiger partial charge in [-0.1, -0.05) is 72.7 Å². The van der Waals surface area contributed by atoms with Gasteiger partial charge in [-0.2, -0.15) is 5.48 Å². The fraction of sp³-hybridized carbons (Fsp3) is 0.368. The highest BCUT2D eigenvalue weighted by Crippen LogP contribution is 2.45. The summed E-state index contributed by atoms with van der Waals surface area (Å²) < 4.78 is 12.7. The van der Waals surface area contributed by atoms with Gasteiger partial charge in [-0.05, 0) is 68.1 Å². The number of hydrogen-bond donors (Lipinski definition) is 3. The summed E-state index contributed by atoms with van der Waals surface area (Å²) in [5, 5.41) is 6.96. The maximum atomic E-state index is 14.5. The normalized spacial score (nSPS) is 26.0. The molecule has 0 radical (unpaired) electrons. The van der Waals surface area contributed by atoms with E-state index < -0.39 is 35.5 Å². The van der Waals surface area contributed by atoms with Crippen molar-refractivity contribution >= 4 is 45.0 Å². The molecular weight excluding hydrogens is 655 g/mol. The van der Waals surface area contributed by atoms with Crippen molar-refractivity contribution < 1.29 is 28.7 Å². The first-order valence-electron chi connectivity index (χ1n) is 17.2. The minimum atomic E-state index is -1.20. The summed E-state index contributed by atoms with van der Waals surface area (Å²) in [6.45, 7) is 0.197. The van der Waals surface area contributed by atoms with E-state index in [0.717, 1.165) is 47.3 Å². The number of benzene rings is 3. The standard InChI is InChI=1S/C38H41N5O6S/c1-47-28-19-20-30-33(22-28)50-37(40-30)48-29-21-32-34(44)41-38(36(46)42-49-27-16-10-6-11-17-27)23-25(38)13-7-3-2-4-12-18-31(35(45)43(32)24-29)39-26-14-8-5-9-15-26/h5-11,13-17,19-20,22,25,29,31-32,39H,2-4,12,18,21,23-24H2,1H3,(H,41,44)(H,42,46)/b13-7-/t25-,29+,31-,32-,38+/m0/s1. The third-order valence-corrected chi connectivity index (χ3v) is 10.5. The van der Waals surface area contributed by atoms with Crippen molar-refractivity contribution in [2.45, 2.75) is 68.7 Å². The van der Waals surface area contributed by atoms with Crippen LogP contribution in [0, 0.1) is 5.92 Å². The highest BCUT2D eigenvalue weighted by atomic mass is 32.1. The van der Waals surface area contributed by atoms with Crippen LogP contribution in [0.15, 0.2) is 91.0 Å². The van der Waals surface area contributed by atoms with Gasteiger partial charge in [0.25, 0.3) is 11.1 Å². The molecule has 0 spiro atoms.